The first kappa shape index (κ1) is 13.3. The maximum absolute atomic E-state index is 5.86. The summed E-state index contributed by atoms with van der Waals surface area (Å²) in [5.41, 5.74) is 8.13. The van der Waals surface area contributed by atoms with Crippen LogP contribution >= 0.6 is 0 Å². The summed E-state index contributed by atoms with van der Waals surface area (Å²) in [6.07, 6.45) is 6.43. The Morgan fingerprint density at radius 1 is 1.39 bits per heavy atom. The molecule has 18 heavy (non-hydrogen) atoms. The molecule has 2 N–H and O–H groups in total. The maximum atomic E-state index is 5.86. The Morgan fingerprint density at radius 2 is 2.22 bits per heavy atom. The van der Waals surface area contributed by atoms with E-state index < -0.39 is 0 Å². The molecule has 0 saturated carbocycles. The van der Waals surface area contributed by atoms with Gasteiger partial charge >= 0.3 is 0 Å². The van der Waals surface area contributed by atoms with Crippen LogP contribution in [0.4, 0.5) is 5.82 Å². The summed E-state index contributed by atoms with van der Waals surface area (Å²) in [6, 6.07) is 4.85. The SMILES string of the molecule is CCCC1CCCCN1c1nc(C)ccc1CN. The van der Waals surface area contributed by atoms with Gasteiger partial charge in [-0.25, -0.2) is 4.98 Å². The molecule has 1 atom stereocenters. The maximum Gasteiger partial charge on any atom is 0.133 e. The first-order chi connectivity index (χ1) is 8.76. The second-order valence-electron chi connectivity index (χ2n) is 5.27. The zero-order chi connectivity index (χ0) is 13.0. The van der Waals surface area contributed by atoms with Crippen LogP contribution in [0.2, 0.25) is 0 Å². The van der Waals surface area contributed by atoms with Crippen molar-refractivity contribution in [2.24, 2.45) is 5.73 Å². The first-order valence-electron chi connectivity index (χ1n) is 7.19. The van der Waals surface area contributed by atoms with Crippen molar-refractivity contribution < 1.29 is 0 Å². The minimum Gasteiger partial charge on any atom is -0.353 e. The lowest BCUT2D eigenvalue weighted by Gasteiger charge is -2.37. The number of pyridine rings is 1. The molecule has 1 aromatic heterocycles. The summed E-state index contributed by atoms with van der Waals surface area (Å²) in [6.45, 7) is 6.04. The minimum atomic E-state index is 0.581. The third-order valence-corrected chi connectivity index (χ3v) is 3.84. The van der Waals surface area contributed by atoms with Gasteiger partial charge in [0.1, 0.15) is 5.82 Å². The van der Waals surface area contributed by atoms with E-state index in [0.29, 0.717) is 12.6 Å². The summed E-state index contributed by atoms with van der Waals surface area (Å²) in [7, 11) is 0. The first-order valence-corrected chi connectivity index (χ1v) is 7.19. The van der Waals surface area contributed by atoms with Crippen molar-refractivity contribution in [3.05, 3.63) is 23.4 Å². The lowest BCUT2D eigenvalue weighted by atomic mass is 9.97. The van der Waals surface area contributed by atoms with Gasteiger partial charge < -0.3 is 10.6 Å². The third kappa shape index (κ3) is 2.83. The van der Waals surface area contributed by atoms with E-state index in [4.69, 9.17) is 10.7 Å². The topological polar surface area (TPSA) is 42.2 Å². The largest absolute Gasteiger partial charge is 0.353 e. The Kier molecular flexibility index (Phi) is 4.59. The van der Waals surface area contributed by atoms with Crippen LogP contribution in [-0.2, 0) is 6.54 Å². The number of aryl methyl sites for hydroxylation is 1. The van der Waals surface area contributed by atoms with Crippen LogP contribution in [0, 0.1) is 6.92 Å². The summed E-state index contributed by atoms with van der Waals surface area (Å²) in [5.74, 6) is 1.13. The van der Waals surface area contributed by atoms with Crippen LogP contribution in [0.25, 0.3) is 0 Å². The molecule has 1 aliphatic rings. The number of piperidine rings is 1. The molecule has 0 bridgehead atoms. The molecule has 1 fully saturated rings. The predicted molar refractivity (Wildman–Crippen MR) is 76.8 cm³/mol. The Balaban J connectivity index is 2.29. The predicted octanol–water partition coefficient (Wildman–Crippen LogP) is 3.01. The molecule has 1 aliphatic heterocycles. The van der Waals surface area contributed by atoms with Gasteiger partial charge in [-0.2, -0.15) is 0 Å². The third-order valence-electron chi connectivity index (χ3n) is 3.84. The molecule has 2 heterocycles. The number of aromatic nitrogens is 1. The molecule has 1 unspecified atom stereocenters. The molecule has 3 nitrogen and oxygen atoms in total. The second-order valence-corrected chi connectivity index (χ2v) is 5.27. The Hall–Kier alpha value is -1.09. The summed E-state index contributed by atoms with van der Waals surface area (Å²) < 4.78 is 0. The fourth-order valence-corrected chi connectivity index (χ4v) is 2.89. The average molecular weight is 247 g/mol. The van der Waals surface area contributed by atoms with Crippen LogP contribution < -0.4 is 10.6 Å². The van der Waals surface area contributed by atoms with E-state index in [0.717, 1.165) is 18.1 Å². The molecule has 0 aliphatic carbocycles. The molecule has 100 valence electrons. The number of hydrogen-bond donors (Lipinski definition) is 1. The zero-order valence-corrected chi connectivity index (χ0v) is 11.7. The van der Waals surface area contributed by atoms with Gasteiger partial charge in [0.15, 0.2) is 0 Å². The highest BCUT2D eigenvalue weighted by Crippen LogP contribution is 2.28. The smallest absolute Gasteiger partial charge is 0.133 e. The highest BCUT2D eigenvalue weighted by atomic mass is 15.2. The molecule has 0 amide bonds. The Morgan fingerprint density at radius 3 is 2.94 bits per heavy atom. The van der Waals surface area contributed by atoms with Crippen molar-refractivity contribution in [1.82, 2.24) is 4.98 Å². The number of nitrogens with two attached hydrogens (primary N) is 1. The quantitative estimate of drug-likeness (QED) is 0.889. The molecule has 1 saturated heterocycles. The normalized spacial score (nSPS) is 20.2. The van der Waals surface area contributed by atoms with E-state index in [1.807, 2.05) is 0 Å². The fraction of sp³-hybridized carbons (Fsp3) is 0.667. The lowest BCUT2D eigenvalue weighted by Crippen LogP contribution is -2.40. The van der Waals surface area contributed by atoms with E-state index in [9.17, 15) is 0 Å². The summed E-state index contributed by atoms with van der Waals surface area (Å²) in [5, 5.41) is 0. The van der Waals surface area contributed by atoms with Gasteiger partial charge in [-0.05, 0) is 38.7 Å². The van der Waals surface area contributed by atoms with Crippen molar-refractivity contribution in [3.63, 3.8) is 0 Å². The summed E-state index contributed by atoms with van der Waals surface area (Å²) in [4.78, 5) is 7.25. The number of rotatable bonds is 4. The van der Waals surface area contributed by atoms with Gasteiger partial charge in [0.2, 0.25) is 0 Å². The molecular weight excluding hydrogens is 222 g/mol. The highest BCUT2D eigenvalue weighted by Gasteiger charge is 2.24. The van der Waals surface area contributed by atoms with Gasteiger partial charge in [-0.15, -0.1) is 0 Å². The standard InChI is InChI=1S/C15H25N3/c1-3-6-14-7-4-5-10-18(14)15-13(11-16)9-8-12(2)17-15/h8-9,14H,3-7,10-11,16H2,1-2H3. The molecule has 0 radical (unpaired) electrons. The van der Waals surface area contributed by atoms with Gasteiger partial charge in [-0.1, -0.05) is 19.4 Å². The van der Waals surface area contributed by atoms with Gasteiger partial charge in [-0.3, -0.25) is 0 Å². The van der Waals surface area contributed by atoms with Crippen LogP contribution in [0.5, 0.6) is 0 Å². The number of hydrogen-bond acceptors (Lipinski definition) is 3. The van der Waals surface area contributed by atoms with E-state index >= 15 is 0 Å². The number of anilines is 1. The van der Waals surface area contributed by atoms with Crippen molar-refractivity contribution in [2.45, 2.75) is 58.5 Å². The van der Waals surface area contributed by atoms with E-state index in [1.54, 1.807) is 0 Å². The fourth-order valence-electron chi connectivity index (χ4n) is 2.89. The van der Waals surface area contributed by atoms with Crippen molar-refractivity contribution in [2.75, 3.05) is 11.4 Å². The molecular formula is C15H25N3. The molecule has 3 heteroatoms. The van der Waals surface area contributed by atoms with Crippen molar-refractivity contribution >= 4 is 5.82 Å². The molecule has 1 aromatic rings. The average Bonchev–Trinajstić information content (AvgIpc) is 2.40. The summed E-state index contributed by atoms with van der Waals surface area (Å²) >= 11 is 0. The molecule has 0 spiro atoms. The minimum absolute atomic E-state index is 0.581. The van der Waals surface area contributed by atoms with E-state index in [1.165, 1.54) is 37.7 Å². The second kappa shape index (κ2) is 6.19. The van der Waals surface area contributed by atoms with Gasteiger partial charge in [0.05, 0.1) is 0 Å². The van der Waals surface area contributed by atoms with Gasteiger partial charge in [0, 0.05) is 30.4 Å². The Labute approximate surface area is 110 Å². The zero-order valence-electron chi connectivity index (χ0n) is 11.7. The van der Waals surface area contributed by atoms with Crippen molar-refractivity contribution in [1.29, 1.82) is 0 Å². The lowest BCUT2D eigenvalue weighted by molar-refractivity contribution is 0.430. The van der Waals surface area contributed by atoms with Crippen LogP contribution in [0.3, 0.4) is 0 Å². The molecule has 2 rings (SSSR count). The molecule has 0 aromatic carbocycles. The van der Waals surface area contributed by atoms with E-state index in [-0.39, 0.29) is 0 Å². The number of nitrogens with zero attached hydrogens (tertiary/aromatic N) is 2. The van der Waals surface area contributed by atoms with Crippen molar-refractivity contribution in [3.8, 4) is 0 Å². The monoisotopic (exact) mass is 247 g/mol. The van der Waals surface area contributed by atoms with Crippen LogP contribution in [0.1, 0.15) is 50.3 Å². The highest BCUT2D eigenvalue weighted by molar-refractivity contribution is 5.49. The van der Waals surface area contributed by atoms with Crippen LogP contribution in [-0.4, -0.2) is 17.6 Å². The van der Waals surface area contributed by atoms with E-state index in [2.05, 4.69) is 30.9 Å². The Bertz CT molecular complexity index is 387. The van der Waals surface area contributed by atoms with Crippen LogP contribution in [0.15, 0.2) is 12.1 Å². The van der Waals surface area contributed by atoms with Gasteiger partial charge in [0.25, 0.3) is 0 Å².